The quantitative estimate of drug-likeness (QED) is 0.183. The van der Waals surface area contributed by atoms with E-state index >= 15 is 0 Å². The molecule has 3 heterocycles. The number of aromatic nitrogens is 1. The first-order valence-electron chi connectivity index (χ1n) is 17.3. The summed E-state index contributed by atoms with van der Waals surface area (Å²) >= 11 is 1.85. The Kier molecular flexibility index (Phi) is 6.16. The molecule has 0 fully saturated rings. The van der Waals surface area contributed by atoms with Gasteiger partial charge in [-0.25, -0.2) is 0 Å². The third kappa shape index (κ3) is 4.29. The van der Waals surface area contributed by atoms with Crippen molar-refractivity contribution < 1.29 is 4.42 Å². The van der Waals surface area contributed by atoms with Crippen molar-refractivity contribution in [1.29, 1.82) is 0 Å². The Balaban J connectivity index is 1.23. The number of fused-ring (bicyclic) bond motifs is 9. The van der Waals surface area contributed by atoms with Crippen molar-refractivity contribution in [2.75, 3.05) is 0 Å². The molecule has 238 valence electrons. The fraction of sp³-hybridized carbons (Fsp3) is 0. The summed E-state index contributed by atoms with van der Waals surface area (Å²) in [6.07, 6.45) is 0. The SMILES string of the molecule is c1ccc(-c2ccc3c4ccccc4n(-c4cccc5c4oc4c(-c6ccccc6)ccc(-c6ccc7sc8ccccc8c7c6)c45)c3c2)cc1. The number of para-hydroxylation sites is 2. The number of nitrogens with zero attached hydrogens (tertiary/aromatic N) is 1. The van der Waals surface area contributed by atoms with Gasteiger partial charge >= 0.3 is 0 Å². The summed E-state index contributed by atoms with van der Waals surface area (Å²) in [6.45, 7) is 0. The highest BCUT2D eigenvalue weighted by Gasteiger charge is 2.22. The lowest BCUT2D eigenvalue weighted by atomic mass is 9.94. The summed E-state index contributed by atoms with van der Waals surface area (Å²) in [5.41, 5.74) is 12.1. The van der Waals surface area contributed by atoms with Gasteiger partial charge in [0.25, 0.3) is 0 Å². The van der Waals surface area contributed by atoms with E-state index in [1.807, 2.05) is 11.3 Å². The maximum atomic E-state index is 7.19. The first kappa shape index (κ1) is 28.4. The van der Waals surface area contributed by atoms with Gasteiger partial charge in [0.1, 0.15) is 5.58 Å². The van der Waals surface area contributed by atoms with Gasteiger partial charge in [-0.2, -0.15) is 0 Å². The molecule has 0 N–H and O–H groups in total. The van der Waals surface area contributed by atoms with Gasteiger partial charge in [-0.15, -0.1) is 11.3 Å². The van der Waals surface area contributed by atoms with Crippen molar-refractivity contribution in [1.82, 2.24) is 4.57 Å². The Morgan fingerprint density at radius 3 is 1.90 bits per heavy atom. The molecule has 3 aromatic heterocycles. The molecule has 51 heavy (non-hydrogen) atoms. The number of hydrogen-bond donors (Lipinski definition) is 0. The third-order valence-electron chi connectivity index (χ3n) is 10.4. The number of furan rings is 1. The van der Waals surface area contributed by atoms with Crippen LogP contribution in [0.3, 0.4) is 0 Å². The van der Waals surface area contributed by atoms with E-state index in [9.17, 15) is 0 Å². The van der Waals surface area contributed by atoms with Gasteiger partial charge < -0.3 is 8.98 Å². The molecule has 0 saturated carbocycles. The monoisotopic (exact) mass is 667 g/mol. The molecule has 0 aliphatic heterocycles. The molecule has 0 bridgehead atoms. The molecule has 0 unspecified atom stereocenters. The predicted octanol–water partition coefficient (Wildman–Crippen LogP) is 14.1. The lowest BCUT2D eigenvalue weighted by molar-refractivity contribution is 0.667. The molecule has 0 amide bonds. The number of benzene rings is 8. The van der Waals surface area contributed by atoms with Crippen molar-refractivity contribution in [3.05, 3.63) is 176 Å². The highest BCUT2D eigenvalue weighted by atomic mass is 32.1. The Hall–Kier alpha value is -6.42. The minimum atomic E-state index is 0.881. The van der Waals surface area contributed by atoms with E-state index in [1.165, 1.54) is 53.2 Å². The zero-order valence-electron chi connectivity index (χ0n) is 27.5. The van der Waals surface area contributed by atoms with Gasteiger partial charge in [0.05, 0.1) is 16.7 Å². The highest BCUT2D eigenvalue weighted by Crippen LogP contribution is 2.46. The van der Waals surface area contributed by atoms with Crippen LogP contribution >= 0.6 is 11.3 Å². The van der Waals surface area contributed by atoms with Gasteiger partial charge in [0.15, 0.2) is 5.58 Å². The number of thiophene rings is 1. The zero-order valence-corrected chi connectivity index (χ0v) is 28.3. The van der Waals surface area contributed by atoms with Crippen LogP contribution < -0.4 is 0 Å². The predicted molar refractivity (Wildman–Crippen MR) is 217 cm³/mol. The molecule has 2 nitrogen and oxygen atoms in total. The van der Waals surface area contributed by atoms with Crippen molar-refractivity contribution >= 4 is 75.3 Å². The standard InChI is InChI=1S/C48H29NOS/c1-3-12-30(13-4-1)32-22-24-37-36-16-7-9-19-41(36)49(43(37)29-32)42-20-11-18-39-46-34(25-26-35(48(46)50-47(39)42)31-14-5-2-6-15-31)33-23-27-45-40(28-33)38-17-8-10-21-44(38)51-45/h1-29H. The minimum absolute atomic E-state index is 0.881. The van der Waals surface area contributed by atoms with Gasteiger partial charge in [0, 0.05) is 47.3 Å². The average Bonchev–Trinajstić information content (AvgIpc) is 3.88. The van der Waals surface area contributed by atoms with Crippen LogP contribution in [0.1, 0.15) is 0 Å². The molecule has 0 aliphatic rings. The summed E-state index contributed by atoms with van der Waals surface area (Å²) in [5, 5.41) is 7.29. The maximum Gasteiger partial charge on any atom is 0.159 e. The molecule has 8 aromatic carbocycles. The van der Waals surface area contributed by atoms with Crippen LogP contribution in [-0.2, 0) is 0 Å². The summed E-state index contributed by atoms with van der Waals surface area (Å²) in [5.74, 6) is 0. The second kappa shape index (κ2) is 11.0. The van der Waals surface area contributed by atoms with E-state index < -0.39 is 0 Å². The first-order chi connectivity index (χ1) is 25.3. The van der Waals surface area contributed by atoms with Crippen LogP contribution in [0, 0.1) is 0 Å². The average molecular weight is 668 g/mol. The van der Waals surface area contributed by atoms with E-state index in [-0.39, 0.29) is 0 Å². The Morgan fingerprint density at radius 2 is 1.04 bits per heavy atom. The van der Waals surface area contributed by atoms with Crippen LogP contribution in [0.4, 0.5) is 0 Å². The van der Waals surface area contributed by atoms with E-state index in [0.717, 1.165) is 49.8 Å². The molecule has 0 atom stereocenters. The van der Waals surface area contributed by atoms with E-state index in [1.54, 1.807) is 0 Å². The van der Waals surface area contributed by atoms with Crippen molar-refractivity contribution in [2.45, 2.75) is 0 Å². The van der Waals surface area contributed by atoms with Crippen LogP contribution in [0.5, 0.6) is 0 Å². The lowest BCUT2D eigenvalue weighted by Gasteiger charge is -2.10. The van der Waals surface area contributed by atoms with Gasteiger partial charge in [-0.3, -0.25) is 0 Å². The topological polar surface area (TPSA) is 18.1 Å². The second-order valence-corrected chi connectivity index (χ2v) is 14.3. The fourth-order valence-electron chi connectivity index (χ4n) is 8.08. The van der Waals surface area contributed by atoms with Crippen LogP contribution in [-0.4, -0.2) is 4.57 Å². The summed E-state index contributed by atoms with van der Waals surface area (Å²) in [7, 11) is 0. The second-order valence-electron chi connectivity index (χ2n) is 13.2. The van der Waals surface area contributed by atoms with Gasteiger partial charge in [-0.05, 0) is 70.3 Å². The molecule has 0 radical (unpaired) electrons. The number of rotatable bonds is 4. The first-order valence-corrected chi connectivity index (χ1v) is 18.2. The maximum absolute atomic E-state index is 7.19. The summed E-state index contributed by atoms with van der Waals surface area (Å²) in [4.78, 5) is 0. The van der Waals surface area contributed by atoms with Crippen molar-refractivity contribution in [3.63, 3.8) is 0 Å². The Labute approximate surface area is 298 Å². The highest BCUT2D eigenvalue weighted by molar-refractivity contribution is 7.25. The Morgan fingerprint density at radius 1 is 0.373 bits per heavy atom. The molecule has 11 rings (SSSR count). The number of hydrogen-bond acceptors (Lipinski definition) is 2. The minimum Gasteiger partial charge on any atom is -0.453 e. The van der Waals surface area contributed by atoms with E-state index in [2.05, 4.69) is 180 Å². The largest absolute Gasteiger partial charge is 0.453 e. The molecule has 0 aliphatic carbocycles. The zero-order chi connectivity index (χ0) is 33.5. The van der Waals surface area contributed by atoms with Gasteiger partial charge in [0.2, 0.25) is 0 Å². The smallest absolute Gasteiger partial charge is 0.159 e. The normalized spacial score (nSPS) is 11.9. The van der Waals surface area contributed by atoms with Crippen LogP contribution in [0.15, 0.2) is 180 Å². The molecule has 0 saturated heterocycles. The van der Waals surface area contributed by atoms with Crippen LogP contribution in [0.2, 0.25) is 0 Å². The molecular weight excluding hydrogens is 639 g/mol. The molecule has 0 spiro atoms. The third-order valence-corrected chi connectivity index (χ3v) is 11.6. The van der Waals surface area contributed by atoms with Gasteiger partial charge in [-0.1, -0.05) is 133 Å². The molecular formula is C48H29NOS. The van der Waals surface area contributed by atoms with E-state index in [0.29, 0.717) is 0 Å². The summed E-state index contributed by atoms with van der Waals surface area (Å²) < 4.78 is 12.2. The van der Waals surface area contributed by atoms with E-state index in [4.69, 9.17) is 4.42 Å². The molecule has 11 aromatic rings. The Bertz CT molecular complexity index is 3130. The van der Waals surface area contributed by atoms with Crippen LogP contribution in [0.25, 0.3) is 103 Å². The summed E-state index contributed by atoms with van der Waals surface area (Å²) in [6, 6.07) is 63.5. The van der Waals surface area contributed by atoms with Crippen molar-refractivity contribution in [2.24, 2.45) is 0 Å². The van der Waals surface area contributed by atoms with Crippen molar-refractivity contribution in [3.8, 4) is 39.1 Å². The molecule has 3 heteroatoms. The lowest BCUT2D eigenvalue weighted by Crippen LogP contribution is -1.94. The fourth-order valence-corrected chi connectivity index (χ4v) is 9.17.